The van der Waals surface area contributed by atoms with Gasteiger partial charge in [-0.2, -0.15) is 0 Å². The molecule has 1 aromatic rings. The first-order chi connectivity index (χ1) is 11.0. The molecule has 1 saturated heterocycles. The van der Waals surface area contributed by atoms with Gasteiger partial charge in [0.25, 0.3) is 0 Å². The average molecular weight is 381 g/mol. The fourth-order valence-corrected chi connectivity index (χ4v) is 5.12. The molecular weight excluding hydrogens is 358 g/mol. The average Bonchev–Trinajstić information content (AvgIpc) is 2.84. The third-order valence-corrected chi connectivity index (χ3v) is 7.30. The molecular formula is C13H23N3O6S2. The number of aromatic nitrogens is 1. The minimum Gasteiger partial charge on any atom is -0.377 e. The number of hydrogen-bond donors (Lipinski definition) is 1. The zero-order chi connectivity index (χ0) is 18.2. The van der Waals surface area contributed by atoms with Crippen LogP contribution in [0.2, 0.25) is 0 Å². The van der Waals surface area contributed by atoms with Gasteiger partial charge in [-0.25, -0.2) is 25.9 Å². The molecule has 0 atom stereocenters. The fourth-order valence-electron chi connectivity index (χ4n) is 2.84. The van der Waals surface area contributed by atoms with Crippen molar-refractivity contribution in [2.24, 2.45) is 0 Å². The van der Waals surface area contributed by atoms with Gasteiger partial charge in [0.15, 0.2) is 5.76 Å². The van der Waals surface area contributed by atoms with Crippen LogP contribution in [0, 0.1) is 13.8 Å². The standard InChI is InChI=1S/C13H23N3O6S2/c1-10-12(11(2)22-15-10)24(19,20)14-9-13(21-3)5-7-16(8-6-13)23(4,17)18/h14H,5-9H2,1-4H3. The predicted octanol–water partition coefficient (Wildman–Crippen LogP) is 0.0103. The minimum atomic E-state index is -3.79. The van der Waals surface area contributed by atoms with E-state index in [0.29, 0.717) is 31.6 Å². The Kier molecular flexibility index (Phi) is 5.40. The van der Waals surface area contributed by atoms with E-state index in [-0.39, 0.29) is 17.2 Å². The van der Waals surface area contributed by atoms with Crippen molar-refractivity contribution in [3.8, 4) is 0 Å². The van der Waals surface area contributed by atoms with Crippen molar-refractivity contribution >= 4 is 20.0 Å². The second kappa shape index (κ2) is 6.71. The summed E-state index contributed by atoms with van der Waals surface area (Å²) in [6.07, 6.45) is 1.97. The third kappa shape index (κ3) is 3.97. The molecule has 0 spiro atoms. The summed E-state index contributed by atoms with van der Waals surface area (Å²) < 4.78 is 62.5. The number of rotatable bonds is 6. The maximum Gasteiger partial charge on any atom is 0.246 e. The first-order valence-corrected chi connectivity index (χ1v) is 10.8. The Hall–Kier alpha value is -1.01. The smallest absolute Gasteiger partial charge is 0.246 e. The second-order valence-electron chi connectivity index (χ2n) is 6.03. The van der Waals surface area contributed by atoms with E-state index in [1.165, 1.54) is 18.3 Å². The summed E-state index contributed by atoms with van der Waals surface area (Å²) in [5, 5.41) is 3.65. The highest BCUT2D eigenvalue weighted by Crippen LogP contribution is 2.27. The Labute approximate surface area is 142 Å². The summed E-state index contributed by atoms with van der Waals surface area (Å²) in [4.78, 5) is 0.0299. The number of piperidine rings is 1. The maximum absolute atomic E-state index is 12.5. The van der Waals surface area contributed by atoms with Crippen molar-refractivity contribution < 1.29 is 26.1 Å². The van der Waals surface area contributed by atoms with Gasteiger partial charge in [-0.15, -0.1) is 0 Å². The van der Waals surface area contributed by atoms with Crippen molar-refractivity contribution in [2.75, 3.05) is 33.0 Å². The molecule has 0 aliphatic carbocycles. The van der Waals surface area contributed by atoms with E-state index >= 15 is 0 Å². The van der Waals surface area contributed by atoms with Crippen LogP contribution >= 0.6 is 0 Å². The Morgan fingerprint density at radius 3 is 2.25 bits per heavy atom. The first kappa shape index (κ1) is 19.3. The van der Waals surface area contributed by atoms with E-state index in [2.05, 4.69) is 9.88 Å². The number of ether oxygens (including phenoxy) is 1. The van der Waals surface area contributed by atoms with Crippen LogP contribution in [0.15, 0.2) is 9.42 Å². The molecule has 0 saturated carbocycles. The Morgan fingerprint density at radius 2 is 1.83 bits per heavy atom. The van der Waals surface area contributed by atoms with Crippen molar-refractivity contribution in [3.05, 3.63) is 11.5 Å². The van der Waals surface area contributed by atoms with Gasteiger partial charge in [0.1, 0.15) is 10.6 Å². The molecule has 1 aliphatic heterocycles. The molecule has 1 fully saturated rings. The molecule has 0 bridgehead atoms. The molecule has 2 rings (SSSR count). The van der Waals surface area contributed by atoms with E-state index in [4.69, 9.17) is 9.26 Å². The van der Waals surface area contributed by atoms with Crippen LogP contribution < -0.4 is 4.72 Å². The zero-order valence-corrected chi connectivity index (χ0v) is 15.8. The highest BCUT2D eigenvalue weighted by molar-refractivity contribution is 7.89. The van der Waals surface area contributed by atoms with Gasteiger partial charge < -0.3 is 9.26 Å². The third-order valence-electron chi connectivity index (χ3n) is 4.36. The molecule has 9 nitrogen and oxygen atoms in total. The molecule has 2 heterocycles. The van der Waals surface area contributed by atoms with Crippen LogP contribution in [0.25, 0.3) is 0 Å². The van der Waals surface area contributed by atoms with Gasteiger partial charge >= 0.3 is 0 Å². The summed E-state index contributed by atoms with van der Waals surface area (Å²) in [5.74, 6) is 0.221. The normalized spacial score (nSPS) is 19.5. The van der Waals surface area contributed by atoms with Crippen LogP contribution in [0.5, 0.6) is 0 Å². The first-order valence-electron chi connectivity index (χ1n) is 7.44. The van der Waals surface area contributed by atoms with Crippen LogP contribution in [0.3, 0.4) is 0 Å². The van der Waals surface area contributed by atoms with Gasteiger partial charge in [-0.1, -0.05) is 5.16 Å². The Bertz CT molecular complexity index is 772. The number of sulfonamides is 2. The minimum absolute atomic E-state index is 0.0299. The SMILES string of the molecule is COC1(CNS(=O)(=O)c2c(C)noc2C)CCN(S(C)(=O)=O)CC1. The summed E-state index contributed by atoms with van der Waals surface area (Å²) >= 11 is 0. The fraction of sp³-hybridized carbons (Fsp3) is 0.769. The van der Waals surface area contributed by atoms with Crippen molar-refractivity contribution in [1.29, 1.82) is 0 Å². The van der Waals surface area contributed by atoms with Crippen LogP contribution in [0.1, 0.15) is 24.3 Å². The molecule has 1 aliphatic rings. The maximum atomic E-state index is 12.5. The molecule has 0 unspecified atom stereocenters. The van der Waals surface area contributed by atoms with Crippen molar-refractivity contribution in [3.63, 3.8) is 0 Å². The molecule has 0 aromatic carbocycles. The largest absolute Gasteiger partial charge is 0.377 e. The molecule has 138 valence electrons. The molecule has 24 heavy (non-hydrogen) atoms. The predicted molar refractivity (Wildman–Crippen MR) is 86.6 cm³/mol. The number of nitrogens with zero attached hydrogens (tertiary/aromatic N) is 2. The number of aryl methyl sites for hydroxylation is 2. The lowest BCUT2D eigenvalue weighted by atomic mass is 9.92. The molecule has 1 N–H and O–H groups in total. The van der Waals surface area contributed by atoms with E-state index in [9.17, 15) is 16.8 Å². The van der Waals surface area contributed by atoms with E-state index in [1.54, 1.807) is 6.92 Å². The zero-order valence-electron chi connectivity index (χ0n) is 14.2. The molecule has 11 heteroatoms. The van der Waals surface area contributed by atoms with Gasteiger partial charge in [0, 0.05) is 26.7 Å². The van der Waals surface area contributed by atoms with E-state index in [1.807, 2.05) is 0 Å². The molecule has 1 aromatic heterocycles. The number of nitrogens with one attached hydrogen (secondary N) is 1. The van der Waals surface area contributed by atoms with Crippen molar-refractivity contribution in [2.45, 2.75) is 37.2 Å². The van der Waals surface area contributed by atoms with Gasteiger partial charge in [0.05, 0.1) is 11.9 Å². The topological polar surface area (TPSA) is 119 Å². The molecule has 0 amide bonds. The summed E-state index contributed by atoms with van der Waals surface area (Å²) in [7, 11) is -5.54. The summed E-state index contributed by atoms with van der Waals surface area (Å²) in [5.41, 5.74) is -0.453. The lowest BCUT2D eigenvalue weighted by Crippen LogP contribution is -2.52. The summed E-state index contributed by atoms with van der Waals surface area (Å²) in [6.45, 7) is 3.72. The lowest BCUT2D eigenvalue weighted by Gasteiger charge is -2.39. The van der Waals surface area contributed by atoms with E-state index in [0.717, 1.165) is 6.26 Å². The highest BCUT2D eigenvalue weighted by Gasteiger charge is 2.38. The number of hydrogen-bond acceptors (Lipinski definition) is 7. The van der Waals surface area contributed by atoms with Gasteiger partial charge in [-0.3, -0.25) is 0 Å². The Balaban J connectivity index is 2.10. The molecule has 0 radical (unpaired) electrons. The number of methoxy groups -OCH3 is 1. The lowest BCUT2D eigenvalue weighted by molar-refractivity contribution is -0.0401. The Morgan fingerprint density at radius 1 is 1.25 bits per heavy atom. The quantitative estimate of drug-likeness (QED) is 0.737. The van der Waals surface area contributed by atoms with Gasteiger partial charge in [-0.05, 0) is 26.7 Å². The van der Waals surface area contributed by atoms with Crippen molar-refractivity contribution in [1.82, 2.24) is 14.2 Å². The van der Waals surface area contributed by atoms with E-state index < -0.39 is 25.6 Å². The van der Waals surface area contributed by atoms with Crippen LogP contribution in [-0.2, 0) is 24.8 Å². The monoisotopic (exact) mass is 381 g/mol. The second-order valence-corrected chi connectivity index (χ2v) is 9.71. The highest BCUT2D eigenvalue weighted by atomic mass is 32.2. The summed E-state index contributed by atoms with van der Waals surface area (Å²) in [6, 6.07) is 0. The van der Waals surface area contributed by atoms with Gasteiger partial charge in [0.2, 0.25) is 20.0 Å². The van der Waals surface area contributed by atoms with Crippen LogP contribution in [0.4, 0.5) is 0 Å². The van der Waals surface area contributed by atoms with Crippen LogP contribution in [-0.4, -0.2) is 64.9 Å².